The Morgan fingerprint density at radius 3 is 2.70 bits per heavy atom. The number of amides is 1. The van der Waals surface area contributed by atoms with Gasteiger partial charge in [0.25, 0.3) is 5.91 Å². The van der Waals surface area contributed by atoms with Crippen molar-refractivity contribution in [3.8, 4) is 16.4 Å². The van der Waals surface area contributed by atoms with E-state index in [2.05, 4.69) is 10.1 Å². The molecule has 0 bridgehead atoms. The van der Waals surface area contributed by atoms with Crippen LogP contribution in [0.25, 0.3) is 16.4 Å². The summed E-state index contributed by atoms with van der Waals surface area (Å²) in [5.74, 6) is -0.373. The van der Waals surface area contributed by atoms with Crippen LogP contribution in [-0.2, 0) is 16.3 Å². The van der Waals surface area contributed by atoms with E-state index in [1.807, 2.05) is 17.5 Å². The Morgan fingerprint density at radius 1 is 1.12 bits per heavy atom. The van der Waals surface area contributed by atoms with Crippen molar-refractivity contribution in [1.82, 2.24) is 14.8 Å². The number of aryl methyl sites for hydroxylation is 1. The van der Waals surface area contributed by atoms with E-state index in [-0.39, 0.29) is 10.7 Å². The highest BCUT2D eigenvalue weighted by molar-refractivity contribution is 7.90. The van der Waals surface area contributed by atoms with Gasteiger partial charge in [0.2, 0.25) is 5.82 Å². The fourth-order valence-electron chi connectivity index (χ4n) is 3.89. The van der Waals surface area contributed by atoms with Crippen molar-refractivity contribution in [2.24, 2.45) is 0 Å². The van der Waals surface area contributed by atoms with Gasteiger partial charge in [0.15, 0.2) is 15.7 Å². The Bertz CT molecular complexity index is 1460. The van der Waals surface area contributed by atoms with Gasteiger partial charge in [0.1, 0.15) is 5.82 Å². The van der Waals surface area contributed by atoms with Crippen molar-refractivity contribution in [3.05, 3.63) is 77.2 Å². The van der Waals surface area contributed by atoms with Crippen LogP contribution in [0.3, 0.4) is 0 Å². The lowest BCUT2D eigenvalue weighted by molar-refractivity contribution is 0.0975. The zero-order valence-electron chi connectivity index (χ0n) is 17.6. The van der Waals surface area contributed by atoms with Crippen LogP contribution >= 0.6 is 11.3 Å². The second kappa shape index (κ2) is 8.20. The Labute approximate surface area is 194 Å². The number of benzene rings is 2. The number of nitrogens with zero attached hydrogens (tertiary/aromatic N) is 4. The summed E-state index contributed by atoms with van der Waals surface area (Å²) in [4.78, 5) is 20.6. The van der Waals surface area contributed by atoms with Crippen molar-refractivity contribution >= 4 is 32.8 Å². The molecule has 4 aromatic rings. The number of hydrogen-bond acceptors (Lipinski definition) is 6. The third kappa shape index (κ3) is 4.07. The van der Waals surface area contributed by atoms with E-state index in [0.29, 0.717) is 36.6 Å². The Morgan fingerprint density at radius 2 is 1.97 bits per heavy atom. The van der Waals surface area contributed by atoms with Gasteiger partial charge in [0.05, 0.1) is 15.5 Å². The fraction of sp³-hybridized carbons (Fsp3) is 0.174. The Kier molecular flexibility index (Phi) is 5.34. The molecule has 10 heteroatoms. The first kappa shape index (κ1) is 21.5. The predicted molar refractivity (Wildman–Crippen MR) is 124 cm³/mol. The van der Waals surface area contributed by atoms with Crippen LogP contribution in [0.2, 0.25) is 0 Å². The van der Waals surface area contributed by atoms with Crippen molar-refractivity contribution in [1.29, 1.82) is 0 Å². The lowest BCUT2D eigenvalue weighted by Gasteiger charge is -2.28. The molecule has 0 radical (unpaired) electrons. The molecule has 5 rings (SSSR count). The smallest absolute Gasteiger partial charge is 0.297 e. The molecule has 0 spiro atoms. The largest absolute Gasteiger partial charge is 0.305 e. The summed E-state index contributed by atoms with van der Waals surface area (Å²) in [5, 5.41) is 6.33. The normalized spacial score (nSPS) is 13.7. The molecule has 3 heterocycles. The second-order valence-electron chi connectivity index (χ2n) is 7.75. The summed E-state index contributed by atoms with van der Waals surface area (Å²) in [5.41, 5.74) is 1.90. The van der Waals surface area contributed by atoms with Crippen molar-refractivity contribution in [2.45, 2.75) is 17.7 Å². The number of carbonyl (C=O) groups is 1. The van der Waals surface area contributed by atoms with Crippen molar-refractivity contribution in [2.75, 3.05) is 17.7 Å². The topological polar surface area (TPSA) is 85.2 Å². The third-order valence-electron chi connectivity index (χ3n) is 5.44. The van der Waals surface area contributed by atoms with Crippen molar-refractivity contribution in [3.63, 3.8) is 0 Å². The molecule has 0 aliphatic carbocycles. The van der Waals surface area contributed by atoms with Crippen LogP contribution < -0.4 is 4.90 Å². The zero-order valence-corrected chi connectivity index (χ0v) is 19.2. The minimum Gasteiger partial charge on any atom is -0.305 e. The number of thiophene rings is 1. The fourth-order valence-corrected chi connectivity index (χ4v) is 5.26. The Hall–Kier alpha value is -3.37. The molecule has 1 aliphatic heterocycles. The quantitative estimate of drug-likeness (QED) is 0.437. The summed E-state index contributed by atoms with van der Waals surface area (Å²) >= 11 is 1.44. The van der Waals surface area contributed by atoms with E-state index in [9.17, 15) is 17.6 Å². The number of sulfone groups is 1. The third-order valence-corrected chi connectivity index (χ3v) is 7.41. The molecule has 168 valence electrons. The van der Waals surface area contributed by atoms with Gasteiger partial charge in [-0.1, -0.05) is 12.1 Å². The average Bonchev–Trinajstić information content (AvgIpc) is 3.47. The maximum Gasteiger partial charge on any atom is 0.297 e. The van der Waals surface area contributed by atoms with Crippen LogP contribution in [0.5, 0.6) is 0 Å². The number of halogens is 1. The monoisotopic (exact) mass is 482 g/mol. The van der Waals surface area contributed by atoms with Gasteiger partial charge in [-0.05, 0) is 66.2 Å². The molecule has 0 N–H and O–H groups in total. The standard InChI is InChI=1S/C23H19FN4O3S2/c1-33(30,31)18-9-10-19-15(13-18)5-3-11-27(19)23(29)21-25-22(20-8-4-12-32-20)28(26-21)17-7-2-6-16(24)14-17/h2,4,6-10,12-14H,3,5,11H2,1H3. The first-order valence-corrected chi connectivity index (χ1v) is 13.0. The highest BCUT2D eigenvalue weighted by atomic mass is 32.2. The molecule has 7 nitrogen and oxygen atoms in total. The maximum atomic E-state index is 13.9. The molecule has 0 saturated heterocycles. The highest BCUT2D eigenvalue weighted by Crippen LogP contribution is 2.31. The van der Waals surface area contributed by atoms with Gasteiger partial charge in [-0.15, -0.1) is 16.4 Å². The minimum absolute atomic E-state index is 0.0114. The summed E-state index contributed by atoms with van der Waals surface area (Å²) in [6.45, 7) is 0.465. The summed E-state index contributed by atoms with van der Waals surface area (Å²) in [7, 11) is -3.35. The van der Waals surface area contributed by atoms with E-state index < -0.39 is 21.6 Å². The van der Waals surface area contributed by atoms with Gasteiger partial charge in [0, 0.05) is 18.5 Å². The number of anilines is 1. The van der Waals surface area contributed by atoms with E-state index >= 15 is 0 Å². The molecular formula is C23H19FN4O3S2. The Balaban J connectivity index is 1.57. The zero-order chi connectivity index (χ0) is 23.2. The summed E-state index contributed by atoms with van der Waals surface area (Å²) in [6, 6.07) is 14.5. The minimum atomic E-state index is -3.35. The highest BCUT2D eigenvalue weighted by Gasteiger charge is 2.29. The molecule has 0 unspecified atom stereocenters. The number of carbonyl (C=O) groups excluding carboxylic acids is 1. The molecule has 0 saturated carbocycles. The van der Waals surface area contributed by atoms with Gasteiger partial charge < -0.3 is 4.90 Å². The number of aromatic nitrogens is 3. The SMILES string of the molecule is CS(=O)(=O)c1ccc2c(c1)CCCN2C(=O)c1nc(-c2cccs2)n(-c2cccc(F)c2)n1. The first-order valence-electron chi connectivity index (χ1n) is 10.2. The molecule has 33 heavy (non-hydrogen) atoms. The van der Waals surface area contributed by atoms with Gasteiger partial charge in [-0.2, -0.15) is 0 Å². The van der Waals surface area contributed by atoms with Crippen LogP contribution in [0.4, 0.5) is 10.1 Å². The number of fused-ring (bicyclic) bond motifs is 1. The first-order chi connectivity index (χ1) is 15.8. The number of hydrogen-bond donors (Lipinski definition) is 0. The van der Waals surface area contributed by atoms with Crippen LogP contribution in [0, 0.1) is 5.82 Å². The van der Waals surface area contributed by atoms with Gasteiger partial charge in [-0.3, -0.25) is 4.79 Å². The van der Waals surface area contributed by atoms with Gasteiger partial charge in [-0.25, -0.2) is 22.5 Å². The molecule has 2 aromatic heterocycles. The summed E-state index contributed by atoms with van der Waals surface area (Å²) in [6.07, 6.45) is 2.53. The molecule has 2 aromatic carbocycles. The lowest BCUT2D eigenvalue weighted by Crippen LogP contribution is -2.36. The van der Waals surface area contributed by atoms with Crippen LogP contribution in [-0.4, -0.2) is 41.9 Å². The molecule has 1 amide bonds. The van der Waals surface area contributed by atoms with Crippen molar-refractivity contribution < 1.29 is 17.6 Å². The van der Waals surface area contributed by atoms with E-state index in [1.165, 1.54) is 34.2 Å². The summed E-state index contributed by atoms with van der Waals surface area (Å²) < 4.78 is 39.2. The van der Waals surface area contributed by atoms with Gasteiger partial charge >= 0.3 is 0 Å². The van der Waals surface area contributed by atoms with Crippen LogP contribution in [0.1, 0.15) is 22.6 Å². The molecule has 0 atom stereocenters. The lowest BCUT2D eigenvalue weighted by atomic mass is 10.0. The number of rotatable bonds is 4. The maximum absolute atomic E-state index is 13.9. The van der Waals surface area contributed by atoms with E-state index in [0.717, 1.165) is 16.7 Å². The van der Waals surface area contributed by atoms with E-state index in [1.54, 1.807) is 29.2 Å². The second-order valence-corrected chi connectivity index (χ2v) is 10.7. The van der Waals surface area contributed by atoms with E-state index in [4.69, 9.17) is 0 Å². The molecular weight excluding hydrogens is 463 g/mol. The molecule has 0 fully saturated rings. The predicted octanol–water partition coefficient (Wildman–Crippen LogP) is 4.13. The average molecular weight is 483 g/mol. The molecule has 1 aliphatic rings. The van der Waals surface area contributed by atoms with Crippen LogP contribution in [0.15, 0.2) is 64.9 Å².